The van der Waals surface area contributed by atoms with E-state index in [0.717, 1.165) is 11.1 Å². The lowest BCUT2D eigenvalue weighted by atomic mass is 10.00. The standard InChI is InChI=1S/C22H25N3O5/c1-13(12-18(21(27)29-2)22(28)30-3)25-20(26)17-10-6-15(7-11-17)14-4-8-16(9-5-14)19(23)24/h4-11,13,18H,12H2,1-3H3,(H3,23,24)(H,25,26). The smallest absolute Gasteiger partial charge is 0.320 e. The number of amidine groups is 1. The largest absolute Gasteiger partial charge is 0.468 e. The molecule has 2 aromatic carbocycles. The molecule has 0 aliphatic rings. The van der Waals surface area contributed by atoms with Crippen molar-refractivity contribution in [1.82, 2.24) is 5.32 Å². The summed E-state index contributed by atoms with van der Waals surface area (Å²) >= 11 is 0. The summed E-state index contributed by atoms with van der Waals surface area (Å²) in [5.74, 6) is -2.83. The fourth-order valence-electron chi connectivity index (χ4n) is 2.95. The predicted octanol–water partition coefficient (Wildman–Crippen LogP) is 2.11. The van der Waals surface area contributed by atoms with Crippen LogP contribution in [0, 0.1) is 11.3 Å². The Balaban J connectivity index is 2.04. The third kappa shape index (κ3) is 5.66. The van der Waals surface area contributed by atoms with Crippen molar-refractivity contribution in [2.45, 2.75) is 19.4 Å². The number of methoxy groups -OCH3 is 2. The van der Waals surface area contributed by atoms with Crippen molar-refractivity contribution in [3.8, 4) is 11.1 Å². The highest BCUT2D eigenvalue weighted by molar-refractivity contribution is 5.97. The van der Waals surface area contributed by atoms with Gasteiger partial charge in [0.25, 0.3) is 5.91 Å². The fourth-order valence-corrected chi connectivity index (χ4v) is 2.95. The van der Waals surface area contributed by atoms with Gasteiger partial charge in [0.05, 0.1) is 14.2 Å². The molecule has 2 aromatic rings. The van der Waals surface area contributed by atoms with Crippen LogP contribution in [0.2, 0.25) is 0 Å². The molecule has 0 aliphatic carbocycles. The molecule has 8 heteroatoms. The molecular formula is C22H25N3O5. The summed E-state index contributed by atoms with van der Waals surface area (Å²) in [6, 6.07) is 13.8. The third-order valence-electron chi connectivity index (χ3n) is 4.61. The minimum absolute atomic E-state index is 0.00401. The first-order valence-electron chi connectivity index (χ1n) is 9.28. The van der Waals surface area contributed by atoms with Crippen LogP contribution in [0.1, 0.15) is 29.3 Å². The molecule has 4 N–H and O–H groups in total. The van der Waals surface area contributed by atoms with Crippen molar-refractivity contribution in [2.24, 2.45) is 11.7 Å². The first-order chi connectivity index (χ1) is 14.3. The lowest BCUT2D eigenvalue weighted by molar-refractivity contribution is -0.159. The maximum atomic E-state index is 12.5. The molecule has 30 heavy (non-hydrogen) atoms. The Labute approximate surface area is 174 Å². The first kappa shape index (κ1) is 22.6. The maximum Gasteiger partial charge on any atom is 0.320 e. The van der Waals surface area contributed by atoms with Crippen LogP contribution < -0.4 is 11.1 Å². The number of carbonyl (C=O) groups excluding carboxylic acids is 3. The van der Waals surface area contributed by atoms with E-state index in [0.29, 0.717) is 11.1 Å². The van der Waals surface area contributed by atoms with Crippen LogP contribution in [0.5, 0.6) is 0 Å². The summed E-state index contributed by atoms with van der Waals surface area (Å²) in [5.41, 5.74) is 8.38. The van der Waals surface area contributed by atoms with Gasteiger partial charge in [-0.15, -0.1) is 0 Å². The molecule has 0 aliphatic heterocycles. The molecule has 0 bridgehead atoms. The highest BCUT2D eigenvalue weighted by atomic mass is 16.5. The van der Waals surface area contributed by atoms with E-state index in [9.17, 15) is 14.4 Å². The average molecular weight is 411 g/mol. The van der Waals surface area contributed by atoms with Crippen LogP contribution in [-0.4, -0.2) is 43.9 Å². The van der Waals surface area contributed by atoms with Gasteiger partial charge in [-0.05, 0) is 36.6 Å². The van der Waals surface area contributed by atoms with Crippen molar-refractivity contribution in [2.75, 3.05) is 14.2 Å². The van der Waals surface area contributed by atoms with Crippen molar-refractivity contribution >= 4 is 23.7 Å². The topological polar surface area (TPSA) is 132 Å². The van der Waals surface area contributed by atoms with Gasteiger partial charge in [-0.3, -0.25) is 19.8 Å². The Morgan fingerprint density at radius 2 is 1.33 bits per heavy atom. The van der Waals surface area contributed by atoms with E-state index in [1.54, 1.807) is 31.2 Å². The molecule has 158 valence electrons. The van der Waals surface area contributed by atoms with E-state index >= 15 is 0 Å². The molecule has 0 saturated carbocycles. The van der Waals surface area contributed by atoms with E-state index in [-0.39, 0.29) is 18.2 Å². The van der Waals surface area contributed by atoms with Crippen LogP contribution in [0.4, 0.5) is 0 Å². The number of nitrogens with one attached hydrogen (secondary N) is 2. The summed E-state index contributed by atoms with van der Waals surface area (Å²) in [7, 11) is 2.38. The van der Waals surface area contributed by atoms with Crippen LogP contribution in [0.15, 0.2) is 48.5 Å². The molecule has 0 fully saturated rings. The SMILES string of the molecule is COC(=O)C(CC(C)NC(=O)c1ccc(-c2ccc(C(=N)N)cc2)cc1)C(=O)OC. The number of nitrogen functional groups attached to an aromatic ring is 1. The summed E-state index contributed by atoms with van der Waals surface area (Å²) in [6.07, 6.45) is 0.0612. The Morgan fingerprint density at radius 3 is 1.73 bits per heavy atom. The molecule has 0 aromatic heterocycles. The van der Waals surface area contributed by atoms with Crippen molar-refractivity contribution < 1.29 is 23.9 Å². The van der Waals surface area contributed by atoms with Crippen LogP contribution >= 0.6 is 0 Å². The second-order valence-corrected chi connectivity index (χ2v) is 6.78. The lowest BCUT2D eigenvalue weighted by Crippen LogP contribution is -2.38. The second kappa shape index (κ2) is 10.2. The van der Waals surface area contributed by atoms with E-state index in [1.807, 2.05) is 24.3 Å². The van der Waals surface area contributed by atoms with Crippen molar-refractivity contribution in [1.29, 1.82) is 5.41 Å². The number of hydrogen-bond donors (Lipinski definition) is 3. The van der Waals surface area contributed by atoms with Crippen LogP contribution in [-0.2, 0) is 19.1 Å². The fraction of sp³-hybridized carbons (Fsp3) is 0.273. The van der Waals surface area contributed by atoms with Gasteiger partial charge in [-0.2, -0.15) is 0 Å². The van der Waals surface area contributed by atoms with E-state index in [2.05, 4.69) is 14.8 Å². The molecular weight excluding hydrogens is 386 g/mol. The molecule has 2 rings (SSSR count). The predicted molar refractivity (Wildman–Crippen MR) is 112 cm³/mol. The zero-order valence-electron chi connectivity index (χ0n) is 17.1. The second-order valence-electron chi connectivity index (χ2n) is 6.78. The van der Waals surface area contributed by atoms with E-state index < -0.39 is 23.9 Å². The summed E-state index contributed by atoms with van der Waals surface area (Å²) in [6.45, 7) is 1.70. The number of benzene rings is 2. The highest BCUT2D eigenvalue weighted by Crippen LogP contribution is 2.20. The Morgan fingerprint density at radius 1 is 0.900 bits per heavy atom. The van der Waals surface area contributed by atoms with Gasteiger partial charge in [-0.25, -0.2) is 0 Å². The number of esters is 2. The summed E-state index contributed by atoms with van der Waals surface area (Å²) in [4.78, 5) is 36.1. The summed E-state index contributed by atoms with van der Waals surface area (Å²) in [5, 5.41) is 10.2. The minimum Gasteiger partial charge on any atom is -0.468 e. The number of hydrogen-bond acceptors (Lipinski definition) is 6. The number of ether oxygens (including phenoxy) is 2. The lowest BCUT2D eigenvalue weighted by Gasteiger charge is -2.18. The quantitative estimate of drug-likeness (QED) is 0.264. The molecule has 0 heterocycles. The van der Waals surface area contributed by atoms with Crippen molar-refractivity contribution in [3.05, 3.63) is 59.7 Å². The van der Waals surface area contributed by atoms with Gasteiger partial charge in [0.2, 0.25) is 0 Å². The molecule has 0 spiro atoms. The highest BCUT2D eigenvalue weighted by Gasteiger charge is 2.30. The Bertz CT molecular complexity index is 907. The van der Waals surface area contributed by atoms with Gasteiger partial charge >= 0.3 is 11.9 Å². The zero-order valence-corrected chi connectivity index (χ0v) is 17.1. The first-order valence-corrected chi connectivity index (χ1v) is 9.28. The molecule has 1 atom stereocenters. The van der Waals surface area contributed by atoms with Crippen LogP contribution in [0.3, 0.4) is 0 Å². The van der Waals surface area contributed by atoms with E-state index in [1.165, 1.54) is 14.2 Å². The Kier molecular flexibility index (Phi) is 7.69. The number of rotatable bonds is 8. The molecule has 1 unspecified atom stereocenters. The van der Waals surface area contributed by atoms with Gasteiger partial charge in [0, 0.05) is 17.2 Å². The molecule has 1 amide bonds. The Hall–Kier alpha value is -3.68. The van der Waals surface area contributed by atoms with E-state index in [4.69, 9.17) is 11.1 Å². The van der Waals surface area contributed by atoms with Gasteiger partial charge < -0.3 is 20.5 Å². The molecule has 0 saturated heterocycles. The monoisotopic (exact) mass is 411 g/mol. The zero-order chi connectivity index (χ0) is 22.3. The third-order valence-corrected chi connectivity index (χ3v) is 4.61. The normalized spacial score (nSPS) is 11.5. The van der Waals surface area contributed by atoms with Gasteiger partial charge in [0.1, 0.15) is 5.84 Å². The number of carbonyl (C=O) groups is 3. The number of amides is 1. The number of nitrogens with two attached hydrogens (primary N) is 1. The maximum absolute atomic E-state index is 12.5. The van der Waals surface area contributed by atoms with Gasteiger partial charge in [0.15, 0.2) is 5.92 Å². The van der Waals surface area contributed by atoms with Gasteiger partial charge in [-0.1, -0.05) is 36.4 Å². The van der Waals surface area contributed by atoms with Crippen molar-refractivity contribution in [3.63, 3.8) is 0 Å². The molecule has 0 radical (unpaired) electrons. The molecule has 8 nitrogen and oxygen atoms in total. The van der Waals surface area contributed by atoms with Crippen LogP contribution in [0.25, 0.3) is 11.1 Å². The minimum atomic E-state index is -1.10. The average Bonchev–Trinajstić information content (AvgIpc) is 2.76. The summed E-state index contributed by atoms with van der Waals surface area (Å²) < 4.78 is 9.26.